The molecule has 0 unspecified atom stereocenters. The van der Waals surface area contributed by atoms with Crippen LogP contribution in [0.4, 0.5) is 16.2 Å². The van der Waals surface area contributed by atoms with Gasteiger partial charge in [-0.05, 0) is 36.2 Å². The Hall–Kier alpha value is -3.35. The third kappa shape index (κ3) is 4.25. The summed E-state index contributed by atoms with van der Waals surface area (Å²) in [6, 6.07) is 14.2. The molecule has 3 rings (SSSR count). The van der Waals surface area contributed by atoms with Gasteiger partial charge in [0.1, 0.15) is 0 Å². The summed E-state index contributed by atoms with van der Waals surface area (Å²) >= 11 is 0. The first-order chi connectivity index (χ1) is 13.0. The second kappa shape index (κ2) is 7.90. The minimum Gasteiger partial charge on any atom is -0.481 e. The lowest BCUT2D eigenvalue weighted by Crippen LogP contribution is -2.33. The van der Waals surface area contributed by atoms with E-state index in [0.29, 0.717) is 17.8 Å². The van der Waals surface area contributed by atoms with E-state index in [4.69, 9.17) is 5.11 Å². The average Bonchev–Trinajstić information content (AvgIpc) is 3.09. The largest absolute Gasteiger partial charge is 0.481 e. The van der Waals surface area contributed by atoms with Gasteiger partial charge in [-0.3, -0.25) is 9.59 Å². The number of nitrogens with one attached hydrogen (secondary N) is 1. The second-order valence-corrected chi connectivity index (χ2v) is 6.41. The molecule has 7 nitrogen and oxygen atoms in total. The van der Waals surface area contributed by atoms with Gasteiger partial charge in [-0.2, -0.15) is 0 Å². The van der Waals surface area contributed by atoms with Crippen molar-refractivity contribution < 1.29 is 19.5 Å². The van der Waals surface area contributed by atoms with Crippen molar-refractivity contribution >= 4 is 29.3 Å². The number of carbonyl (C=O) groups excluding carboxylic acids is 2. The molecule has 0 spiro atoms. The molecule has 2 N–H and O–H groups in total. The molecule has 2 aromatic carbocycles. The highest BCUT2D eigenvalue weighted by Gasteiger charge is 2.25. The van der Waals surface area contributed by atoms with E-state index in [9.17, 15) is 14.4 Å². The van der Waals surface area contributed by atoms with Crippen LogP contribution < -0.4 is 10.2 Å². The number of aliphatic carboxylic acids is 1. The minimum atomic E-state index is -0.965. The summed E-state index contributed by atoms with van der Waals surface area (Å²) in [6.07, 6.45) is 0.698. The Balaban J connectivity index is 1.70. The maximum absolute atomic E-state index is 12.9. The van der Waals surface area contributed by atoms with Gasteiger partial charge in [0.05, 0.1) is 6.42 Å². The van der Waals surface area contributed by atoms with E-state index in [1.165, 1.54) is 11.9 Å². The lowest BCUT2D eigenvalue weighted by molar-refractivity contribution is -0.137. The van der Waals surface area contributed by atoms with E-state index in [2.05, 4.69) is 5.32 Å². The molecule has 0 aromatic heterocycles. The van der Waals surface area contributed by atoms with Gasteiger partial charge in [0.2, 0.25) is 0 Å². The number of carboxylic acids is 1. The monoisotopic (exact) mass is 367 g/mol. The lowest BCUT2D eigenvalue weighted by atomic mass is 10.1. The number of amides is 3. The Labute approximate surface area is 157 Å². The van der Waals surface area contributed by atoms with Crippen molar-refractivity contribution in [2.75, 3.05) is 30.4 Å². The average molecular weight is 367 g/mol. The second-order valence-electron chi connectivity index (χ2n) is 6.41. The number of anilines is 2. The van der Waals surface area contributed by atoms with E-state index in [-0.39, 0.29) is 18.9 Å². The Bertz CT molecular complexity index is 881. The van der Waals surface area contributed by atoms with Crippen molar-refractivity contribution in [2.24, 2.45) is 0 Å². The lowest BCUT2D eigenvalue weighted by Gasteiger charge is -2.19. The number of hydrogen-bond donors (Lipinski definition) is 2. The van der Waals surface area contributed by atoms with Crippen LogP contribution in [0.5, 0.6) is 0 Å². The highest BCUT2D eigenvalue weighted by atomic mass is 16.4. The van der Waals surface area contributed by atoms with Gasteiger partial charge < -0.3 is 20.2 Å². The van der Waals surface area contributed by atoms with Crippen LogP contribution in [0.15, 0.2) is 48.5 Å². The molecule has 1 aliphatic heterocycles. The van der Waals surface area contributed by atoms with Crippen molar-refractivity contribution in [3.8, 4) is 0 Å². The predicted octanol–water partition coefficient (Wildman–Crippen LogP) is 2.83. The van der Waals surface area contributed by atoms with Crippen molar-refractivity contribution in [2.45, 2.75) is 12.8 Å². The molecule has 7 heteroatoms. The first kappa shape index (κ1) is 18.4. The SMILES string of the molecule is CN(CCC(=O)O)C(=O)Nc1cccc(C(=O)N2CCc3ccccc32)c1. The summed E-state index contributed by atoms with van der Waals surface area (Å²) in [5.41, 5.74) is 3.04. The standard InChI is InChI=1S/C20H21N3O4/c1-22(11-10-18(24)25)20(27)21-16-7-4-6-15(13-16)19(26)23-12-9-14-5-2-3-8-17(14)23/h2-8,13H,9-12H2,1H3,(H,21,27)(H,24,25). The number of nitrogens with zero attached hydrogens (tertiary/aromatic N) is 2. The molecular formula is C20H21N3O4. The molecule has 0 saturated carbocycles. The molecule has 2 aromatic rings. The van der Waals surface area contributed by atoms with Crippen molar-refractivity contribution in [3.05, 3.63) is 59.7 Å². The quantitative estimate of drug-likeness (QED) is 0.850. The van der Waals surface area contributed by atoms with Crippen molar-refractivity contribution in [1.29, 1.82) is 0 Å². The van der Waals surface area contributed by atoms with Crippen molar-refractivity contribution in [3.63, 3.8) is 0 Å². The number of para-hydroxylation sites is 1. The van der Waals surface area contributed by atoms with Gasteiger partial charge in [0, 0.05) is 37.1 Å². The maximum atomic E-state index is 12.9. The van der Waals surface area contributed by atoms with Crippen molar-refractivity contribution in [1.82, 2.24) is 4.90 Å². The third-order valence-corrected chi connectivity index (χ3v) is 4.50. The van der Waals surface area contributed by atoms with Crippen LogP contribution in [0.1, 0.15) is 22.3 Å². The van der Waals surface area contributed by atoms with E-state index in [1.807, 2.05) is 24.3 Å². The zero-order valence-electron chi connectivity index (χ0n) is 15.0. The summed E-state index contributed by atoms with van der Waals surface area (Å²) in [7, 11) is 1.52. The fraction of sp³-hybridized carbons (Fsp3) is 0.250. The number of benzene rings is 2. The molecule has 1 aliphatic rings. The molecule has 27 heavy (non-hydrogen) atoms. The molecule has 0 atom stereocenters. The Kier molecular flexibility index (Phi) is 5.40. The Morgan fingerprint density at radius 3 is 2.70 bits per heavy atom. The predicted molar refractivity (Wildman–Crippen MR) is 102 cm³/mol. The van der Waals surface area contributed by atoms with Gasteiger partial charge in [-0.15, -0.1) is 0 Å². The maximum Gasteiger partial charge on any atom is 0.321 e. The minimum absolute atomic E-state index is 0.102. The number of carbonyl (C=O) groups is 3. The highest BCUT2D eigenvalue weighted by molar-refractivity contribution is 6.08. The molecular weight excluding hydrogens is 346 g/mol. The van der Waals surface area contributed by atoms with Crippen LogP contribution in [0.25, 0.3) is 0 Å². The van der Waals surface area contributed by atoms with Crippen LogP contribution in [0.3, 0.4) is 0 Å². The van der Waals surface area contributed by atoms with Gasteiger partial charge in [-0.1, -0.05) is 24.3 Å². The first-order valence-electron chi connectivity index (χ1n) is 8.69. The molecule has 0 saturated heterocycles. The Morgan fingerprint density at radius 2 is 1.93 bits per heavy atom. The van der Waals surface area contributed by atoms with Gasteiger partial charge in [0.15, 0.2) is 0 Å². The van der Waals surface area contributed by atoms with Gasteiger partial charge in [0.25, 0.3) is 5.91 Å². The number of rotatable bonds is 5. The molecule has 140 valence electrons. The van der Waals surface area contributed by atoms with Crippen LogP contribution in [-0.2, 0) is 11.2 Å². The van der Waals surface area contributed by atoms with E-state index < -0.39 is 12.0 Å². The smallest absolute Gasteiger partial charge is 0.321 e. The summed E-state index contributed by atoms with van der Waals surface area (Å²) < 4.78 is 0. The fourth-order valence-electron chi connectivity index (χ4n) is 3.02. The van der Waals surface area contributed by atoms with Gasteiger partial charge in [-0.25, -0.2) is 4.79 Å². The van der Waals surface area contributed by atoms with Crippen LogP contribution >= 0.6 is 0 Å². The highest BCUT2D eigenvalue weighted by Crippen LogP contribution is 2.29. The number of hydrogen-bond acceptors (Lipinski definition) is 3. The van der Waals surface area contributed by atoms with Crippen LogP contribution in [0.2, 0.25) is 0 Å². The van der Waals surface area contributed by atoms with Crippen LogP contribution in [-0.4, -0.2) is 48.1 Å². The topological polar surface area (TPSA) is 90.0 Å². The molecule has 0 fully saturated rings. The summed E-state index contributed by atoms with van der Waals surface area (Å²) in [5, 5.41) is 11.4. The van der Waals surface area contributed by atoms with E-state index in [1.54, 1.807) is 29.2 Å². The normalized spacial score (nSPS) is 12.4. The summed E-state index contributed by atoms with van der Waals surface area (Å²) in [4.78, 5) is 38.7. The summed E-state index contributed by atoms with van der Waals surface area (Å²) in [6.45, 7) is 0.733. The molecule has 3 amide bonds. The zero-order valence-corrected chi connectivity index (χ0v) is 15.0. The van der Waals surface area contributed by atoms with E-state index in [0.717, 1.165) is 17.7 Å². The Morgan fingerprint density at radius 1 is 1.15 bits per heavy atom. The molecule has 1 heterocycles. The first-order valence-corrected chi connectivity index (χ1v) is 8.69. The number of urea groups is 1. The van der Waals surface area contributed by atoms with Gasteiger partial charge >= 0.3 is 12.0 Å². The number of carboxylic acid groups (broad SMARTS) is 1. The van der Waals surface area contributed by atoms with Crippen LogP contribution in [0, 0.1) is 0 Å². The van der Waals surface area contributed by atoms with E-state index >= 15 is 0 Å². The molecule has 0 radical (unpaired) electrons. The molecule has 0 bridgehead atoms. The number of fused-ring (bicyclic) bond motifs is 1. The zero-order chi connectivity index (χ0) is 19.4. The third-order valence-electron chi connectivity index (χ3n) is 4.50. The summed E-state index contributed by atoms with van der Waals surface area (Å²) in [5.74, 6) is -1.08. The fourth-order valence-corrected chi connectivity index (χ4v) is 3.02. The molecule has 0 aliphatic carbocycles.